The van der Waals surface area contributed by atoms with Gasteiger partial charge in [0, 0.05) is 16.5 Å². The SMILES string of the molecule is c1ccc(-c2cc(-c3ccccc3)[n+](-c3nccs3)c(-c3ccccc3)c2)cc1. The second kappa shape index (κ2) is 7.82. The Morgan fingerprint density at radius 1 is 0.552 bits per heavy atom. The lowest BCUT2D eigenvalue weighted by atomic mass is 9.99. The lowest BCUT2D eigenvalue weighted by Gasteiger charge is -2.14. The molecular weight excluding hydrogens is 372 g/mol. The Morgan fingerprint density at radius 2 is 1.03 bits per heavy atom. The molecule has 0 atom stereocenters. The van der Waals surface area contributed by atoms with Crippen molar-refractivity contribution in [1.29, 1.82) is 0 Å². The van der Waals surface area contributed by atoms with Crippen molar-refractivity contribution in [3.63, 3.8) is 0 Å². The number of nitrogens with zero attached hydrogens (tertiary/aromatic N) is 2. The number of thiazole rings is 1. The summed E-state index contributed by atoms with van der Waals surface area (Å²) in [5, 5.41) is 2.99. The maximum atomic E-state index is 4.64. The molecule has 5 aromatic rings. The van der Waals surface area contributed by atoms with Gasteiger partial charge in [-0.15, -0.1) is 0 Å². The third-order valence-corrected chi connectivity index (χ3v) is 5.68. The van der Waals surface area contributed by atoms with Crippen molar-refractivity contribution in [1.82, 2.24) is 4.98 Å². The van der Waals surface area contributed by atoms with E-state index >= 15 is 0 Å². The van der Waals surface area contributed by atoms with Crippen molar-refractivity contribution in [3.8, 4) is 38.8 Å². The van der Waals surface area contributed by atoms with E-state index in [1.54, 1.807) is 11.3 Å². The van der Waals surface area contributed by atoms with Crippen LogP contribution >= 0.6 is 11.3 Å². The Morgan fingerprint density at radius 3 is 1.48 bits per heavy atom. The van der Waals surface area contributed by atoms with Gasteiger partial charge >= 0.3 is 5.13 Å². The van der Waals surface area contributed by atoms with Crippen LogP contribution in [0.15, 0.2) is 115 Å². The average Bonchev–Trinajstić information content (AvgIpc) is 3.34. The van der Waals surface area contributed by atoms with E-state index in [2.05, 4.69) is 113 Å². The van der Waals surface area contributed by atoms with Crippen LogP contribution in [0.2, 0.25) is 0 Å². The first-order chi connectivity index (χ1) is 14.4. The summed E-state index contributed by atoms with van der Waals surface area (Å²) < 4.78 is 2.27. The van der Waals surface area contributed by atoms with E-state index in [0.29, 0.717) is 0 Å². The Labute approximate surface area is 174 Å². The molecule has 0 fully saturated rings. The molecule has 3 heteroatoms. The molecule has 0 saturated carbocycles. The number of rotatable bonds is 4. The Kier molecular flexibility index (Phi) is 4.73. The highest BCUT2D eigenvalue weighted by atomic mass is 32.1. The van der Waals surface area contributed by atoms with E-state index in [0.717, 1.165) is 27.6 Å². The predicted molar refractivity (Wildman–Crippen MR) is 120 cm³/mol. The van der Waals surface area contributed by atoms with Gasteiger partial charge in [-0.05, 0) is 28.2 Å². The third-order valence-electron chi connectivity index (χ3n) is 4.92. The summed E-state index contributed by atoms with van der Waals surface area (Å²) in [5.74, 6) is 0. The van der Waals surface area contributed by atoms with Crippen molar-refractivity contribution >= 4 is 11.3 Å². The number of hydrogen-bond donors (Lipinski definition) is 0. The predicted octanol–water partition coefficient (Wildman–Crippen LogP) is 6.42. The lowest BCUT2D eigenvalue weighted by Crippen LogP contribution is -2.36. The van der Waals surface area contributed by atoms with E-state index < -0.39 is 0 Å². The van der Waals surface area contributed by atoms with Crippen molar-refractivity contribution in [2.24, 2.45) is 0 Å². The monoisotopic (exact) mass is 391 g/mol. The molecule has 0 bridgehead atoms. The highest BCUT2D eigenvalue weighted by Crippen LogP contribution is 2.30. The summed E-state index contributed by atoms with van der Waals surface area (Å²) in [5.41, 5.74) is 6.97. The summed E-state index contributed by atoms with van der Waals surface area (Å²) in [6, 6.07) is 36.1. The van der Waals surface area contributed by atoms with Crippen molar-refractivity contribution in [2.75, 3.05) is 0 Å². The third kappa shape index (κ3) is 3.48. The maximum Gasteiger partial charge on any atom is 0.387 e. The minimum absolute atomic E-state index is 0.960. The molecule has 0 aliphatic rings. The van der Waals surface area contributed by atoms with Crippen LogP contribution in [-0.4, -0.2) is 4.98 Å². The topological polar surface area (TPSA) is 16.8 Å². The fourth-order valence-corrected chi connectivity index (χ4v) is 4.23. The maximum absolute atomic E-state index is 4.64. The normalized spacial score (nSPS) is 10.8. The van der Waals surface area contributed by atoms with Crippen molar-refractivity contribution in [3.05, 3.63) is 115 Å². The molecule has 2 heterocycles. The Bertz CT molecular complexity index is 1160. The van der Waals surface area contributed by atoms with E-state index in [9.17, 15) is 0 Å². The smallest absolute Gasteiger partial charge is 0.179 e. The van der Waals surface area contributed by atoms with Crippen LogP contribution in [0.1, 0.15) is 0 Å². The van der Waals surface area contributed by atoms with Crippen LogP contribution in [0, 0.1) is 0 Å². The second-order valence-corrected chi connectivity index (χ2v) is 7.64. The number of pyridine rings is 1. The molecule has 0 radical (unpaired) electrons. The zero-order valence-electron chi connectivity index (χ0n) is 15.8. The molecule has 2 aromatic heterocycles. The van der Waals surface area contributed by atoms with Gasteiger partial charge in [0.25, 0.3) is 0 Å². The van der Waals surface area contributed by atoms with Gasteiger partial charge in [-0.3, -0.25) is 0 Å². The van der Waals surface area contributed by atoms with Gasteiger partial charge in [0.05, 0.1) is 0 Å². The summed E-state index contributed by atoms with van der Waals surface area (Å²) in [6.45, 7) is 0. The van der Waals surface area contributed by atoms with E-state index in [4.69, 9.17) is 0 Å². The van der Waals surface area contributed by atoms with Gasteiger partial charge in [-0.2, -0.15) is 4.57 Å². The van der Waals surface area contributed by atoms with Crippen LogP contribution in [0.4, 0.5) is 0 Å². The largest absolute Gasteiger partial charge is 0.387 e. The molecule has 0 unspecified atom stereocenters. The van der Waals surface area contributed by atoms with Crippen LogP contribution in [-0.2, 0) is 0 Å². The molecule has 0 aliphatic heterocycles. The first kappa shape index (κ1) is 17.5. The van der Waals surface area contributed by atoms with Crippen molar-refractivity contribution in [2.45, 2.75) is 0 Å². The van der Waals surface area contributed by atoms with Gasteiger partial charge in [0.1, 0.15) is 11.4 Å². The summed E-state index contributed by atoms with van der Waals surface area (Å²) in [7, 11) is 0. The first-order valence-corrected chi connectivity index (χ1v) is 10.4. The van der Waals surface area contributed by atoms with E-state index in [1.165, 1.54) is 11.1 Å². The lowest BCUT2D eigenvalue weighted by molar-refractivity contribution is -0.571. The minimum Gasteiger partial charge on any atom is -0.179 e. The Hall–Kier alpha value is -3.56. The van der Waals surface area contributed by atoms with Gasteiger partial charge < -0.3 is 0 Å². The minimum atomic E-state index is 0.960. The van der Waals surface area contributed by atoms with Crippen LogP contribution < -0.4 is 4.57 Å². The van der Waals surface area contributed by atoms with Gasteiger partial charge in [0.2, 0.25) is 0 Å². The molecule has 0 amide bonds. The van der Waals surface area contributed by atoms with Gasteiger partial charge in [0.15, 0.2) is 6.20 Å². The molecular formula is C26H19N2S+. The standard InChI is InChI=1S/C26H19N2S/c1-4-10-20(11-5-1)23-18-24(21-12-6-2-7-13-21)28(26-27-16-17-29-26)25(19-23)22-14-8-3-9-15-22/h1-19H/q+1. The average molecular weight is 392 g/mol. The molecule has 138 valence electrons. The summed E-state index contributed by atoms with van der Waals surface area (Å²) >= 11 is 1.65. The highest BCUT2D eigenvalue weighted by molar-refractivity contribution is 7.11. The molecule has 3 aromatic carbocycles. The van der Waals surface area contributed by atoms with Gasteiger partial charge in [-0.25, -0.2) is 0 Å². The molecule has 0 saturated heterocycles. The number of aromatic nitrogens is 2. The fourth-order valence-electron chi connectivity index (χ4n) is 3.57. The van der Waals surface area contributed by atoms with Crippen LogP contribution in [0.3, 0.4) is 0 Å². The zero-order valence-corrected chi connectivity index (χ0v) is 16.6. The summed E-state index contributed by atoms with van der Waals surface area (Å²) in [4.78, 5) is 4.64. The zero-order chi connectivity index (χ0) is 19.5. The van der Waals surface area contributed by atoms with Crippen LogP contribution in [0.5, 0.6) is 0 Å². The molecule has 2 nitrogen and oxygen atoms in total. The second-order valence-electron chi connectivity index (χ2n) is 6.76. The van der Waals surface area contributed by atoms with E-state index in [-0.39, 0.29) is 0 Å². The first-order valence-electron chi connectivity index (χ1n) is 9.56. The van der Waals surface area contributed by atoms with E-state index in [1.807, 2.05) is 11.6 Å². The van der Waals surface area contributed by atoms with Crippen LogP contribution in [0.25, 0.3) is 38.8 Å². The fraction of sp³-hybridized carbons (Fsp3) is 0. The van der Waals surface area contributed by atoms with Gasteiger partial charge in [-0.1, -0.05) is 102 Å². The number of benzene rings is 3. The quantitative estimate of drug-likeness (QED) is 0.323. The molecule has 0 spiro atoms. The molecule has 0 aliphatic carbocycles. The molecule has 0 N–H and O–H groups in total. The number of hydrogen-bond acceptors (Lipinski definition) is 2. The summed E-state index contributed by atoms with van der Waals surface area (Å²) in [6.07, 6.45) is 1.86. The highest BCUT2D eigenvalue weighted by Gasteiger charge is 2.23. The Balaban J connectivity index is 1.87. The molecule has 29 heavy (non-hydrogen) atoms. The molecule has 5 rings (SSSR count). The van der Waals surface area contributed by atoms with Crippen molar-refractivity contribution < 1.29 is 4.57 Å².